The Morgan fingerprint density at radius 3 is 0.877 bits per heavy atom. The van der Waals surface area contributed by atoms with Crippen molar-refractivity contribution in [2.24, 2.45) is 0 Å². The van der Waals surface area contributed by atoms with Crippen molar-refractivity contribution in [2.75, 3.05) is 13.2 Å². The zero-order valence-electron chi connectivity index (χ0n) is 43.8. The minimum absolute atomic E-state index is 0.0683. The maximum absolute atomic E-state index is 12.8. The Kier molecular flexibility index (Phi) is 52.7. The maximum atomic E-state index is 12.8. The molecule has 0 saturated carbocycles. The van der Waals surface area contributed by atoms with E-state index >= 15 is 0 Å². The number of ether oxygens (including phenoxy) is 3. The zero-order chi connectivity index (χ0) is 47.2. The molecular weight excluding hydrogens is 805 g/mol. The molecule has 0 fully saturated rings. The van der Waals surface area contributed by atoms with Gasteiger partial charge in [-0.2, -0.15) is 0 Å². The van der Waals surface area contributed by atoms with E-state index in [2.05, 4.69) is 45.1 Å². The van der Waals surface area contributed by atoms with Gasteiger partial charge in [-0.3, -0.25) is 14.4 Å². The topological polar surface area (TPSA) is 78.9 Å². The molecule has 65 heavy (non-hydrogen) atoms. The van der Waals surface area contributed by atoms with Gasteiger partial charge in [0, 0.05) is 19.3 Å². The van der Waals surface area contributed by atoms with Crippen molar-refractivity contribution in [1.82, 2.24) is 0 Å². The Labute approximate surface area is 404 Å². The largest absolute Gasteiger partial charge is 0.462 e. The molecule has 0 aromatic carbocycles. The molecule has 0 heterocycles. The normalized spacial score (nSPS) is 12.1. The average Bonchev–Trinajstić information content (AvgIpc) is 3.30. The lowest BCUT2D eigenvalue weighted by Crippen LogP contribution is -2.30. The molecule has 0 aliphatic carbocycles. The number of allylic oxidation sites excluding steroid dienone is 4. The quantitative estimate of drug-likeness (QED) is 0.0262. The summed E-state index contributed by atoms with van der Waals surface area (Å²) in [6.45, 7) is 6.65. The highest BCUT2D eigenvalue weighted by molar-refractivity contribution is 5.71. The first-order chi connectivity index (χ1) is 32.0. The van der Waals surface area contributed by atoms with E-state index in [4.69, 9.17) is 14.2 Å². The predicted octanol–water partition coefficient (Wildman–Crippen LogP) is 19.1. The molecule has 0 aromatic heterocycles. The third kappa shape index (κ3) is 52.7. The van der Waals surface area contributed by atoms with Crippen LogP contribution in [-0.2, 0) is 28.6 Å². The molecule has 0 aromatic rings. The Morgan fingerprint density at radius 2 is 0.554 bits per heavy atom. The van der Waals surface area contributed by atoms with Crippen LogP contribution in [0.4, 0.5) is 0 Å². The van der Waals surface area contributed by atoms with Crippen LogP contribution in [0.25, 0.3) is 0 Å². The monoisotopic (exact) mass is 915 g/mol. The summed E-state index contributed by atoms with van der Waals surface area (Å²) in [4.78, 5) is 38.1. The molecule has 0 aliphatic heterocycles. The molecule has 0 bridgehead atoms. The Balaban J connectivity index is 4.26. The van der Waals surface area contributed by atoms with Crippen LogP contribution in [0.3, 0.4) is 0 Å². The number of carbonyl (C=O) groups excluding carboxylic acids is 3. The summed E-state index contributed by atoms with van der Waals surface area (Å²) in [7, 11) is 0. The third-order valence-electron chi connectivity index (χ3n) is 13.0. The minimum Gasteiger partial charge on any atom is -0.462 e. The number of unbranched alkanes of at least 4 members (excludes halogenated alkanes) is 38. The van der Waals surface area contributed by atoms with Gasteiger partial charge in [0.05, 0.1) is 0 Å². The third-order valence-corrected chi connectivity index (χ3v) is 13.0. The van der Waals surface area contributed by atoms with Crippen LogP contribution >= 0.6 is 0 Å². The standard InChI is InChI=1S/C59H110O6/c1-4-7-10-13-16-19-22-24-26-28-29-31-33-35-38-40-43-46-49-52-58(61)64-55-56(65-59(62)53-50-47-44-41-36-21-18-15-12-9-6-3)54-63-57(60)51-48-45-42-39-37-34-32-30-27-25-23-20-17-14-11-8-5-2/h17,20,25,27,56H,4-16,18-19,21-24,26,28-55H2,1-3H3/b20-17-,27-25-/t56-/m1/s1. The van der Waals surface area contributed by atoms with Gasteiger partial charge in [0.2, 0.25) is 0 Å². The highest BCUT2D eigenvalue weighted by Gasteiger charge is 2.19. The molecule has 382 valence electrons. The number of carbonyl (C=O) groups is 3. The van der Waals surface area contributed by atoms with E-state index < -0.39 is 6.10 Å². The lowest BCUT2D eigenvalue weighted by atomic mass is 10.0. The van der Waals surface area contributed by atoms with Gasteiger partial charge in [-0.1, -0.05) is 270 Å². The molecule has 1 atom stereocenters. The molecule has 0 aliphatic rings. The number of hydrogen-bond donors (Lipinski definition) is 0. The van der Waals surface area contributed by atoms with Gasteiger partial charge in [0.1, 0.15) is 13.2 Å². The van der Waals surface area contributed by atoms with Gasteiger partial charge < -0.3 is 14.2 Å². The minimum atomic E-state index is -0.768. The van der Waals surface area contributed by atoms with E-state index in [-0.39, 0.29) is 31.1 Å². The lowest BCUT2D eigenvalue weighted by molar-refractivity contribution is -0.167. The maximum Gasteiger partial charge on any atom is 0.306 e. The van der Waals surface area contributed by atoms with Crippen LogP contribution in [0.15, 0.2) is 24.3 Å². The summed E-state index contributed by atoms with van der Waals surface area (Å²) < 4.78 is 16.9. The lowest BCUT2D eigenvalue weighted by Gasteiger charge is -2.18. The van der Waals surface area contributed by atoms with Crippen LogP contribution in [0.2, 0.25) is 0 Å². The molecule has 0 spiro atoms. The smallest absolute Gasteiger partial charge is 0.306 e. The summed E-state index contributed by atoms with van der Waals surface area (Å²) in [6, 6.07) is 0. The molecular formula is C59H110O6. The number of esters is 3. The molecule has 0 N–H and O–H groups in total. The van der Waals surface area contributed by atoms with E-state index in [1.54, 1.807) is 0 Å². The molecule has 0 amide bonds. The van der Waals surface area contributed by atoms with Crippen molar-refractivity contribution in [2.45, 2.75) is 322 Å². The zero-order valence-corrected chi connectivity index (χ0v) is 43.8. The van der Waals surface area contributed by atoms with Crippen molar-refractivity contribution in [1.29, 1.82) is 0 Å². The van der Waals surface area contributed by atoms with E-state index in [1.165, 1.54) is 205 Å². The van der Waals surface area contributed by atoms with Crippen LogP contribution in [0.1, 0.15) is 316 Å². The van der Waals surface area contributed by atoms with Gasteiger partial charge in [0.25, 0.3) is 0 Å². The Hall–Kier alpha value is -2.11. The SMILES string of the molecule is CCCCC/C=C\C/C=C\CCCCCCCCCC(=O)OC[C@H](COC(=O)CCCCCCCCCCCCCCCCCCCCC)OC(=O)CCCCCCCCCCCCC. The van der Waals surface area contributed by atoms with Crippen LogP contribution in [0.5, 0.6) is 0 Å². The van der Waals surface area contributed by atoms with Gasteiger partial charge in [-0.15, -0.1) is 0 Å². The van der Waals surface area contributed by atoms with E-state index in [0.717, 1.165) is 70.6 Å². The number of hydrogen-bond acceptors (Lipinski definition) is 6. The fraction of sp³-hybridized carbons (Fsp3) is 0.881. The molecule has 0 saturated heterocycles. The fourth-order valence-electron chi connectivity index (χ4n) is 8.59. The first-order valence-electron chi connectivity index (χ1n) is 28.8. The van der Waals surface area contributed by atoms with Crippen molar-refractivity contribution < 1.29 is 28.6 Å². The van der Waals surface area contributed by atoms with E-state index in [0.29, 0.717) is 19.3 Å². The second-order valence-electron chi connectivity index (χ2n) is 19.6. The summed E-state index contributed by atoms with van der Waals surface area (Å²) in [6.07, 6.45) is 63.1. The summed E-state index contributed by atoms with van der Waals surface area (Å²) in [5.41, 5.74) is 0. The Morgan fingerprint density at radius 1 is 0.308 bits per heavy atom. The van der Waals surface area contributed by atoms with Crippen LogP contribution in [-0.4, -0.2) is 37.2 Å². The van der Waals surface area contributed by atoms with Crippen LogP contribution < -0.4 is 0 Å². The first-order valence-corrected chi connectivity index (χ1v) is 28.8. The summed E-state index contributed by atoms with van der Waals surface area (Å²) >= 11 is 0. The summed E-state index contributed by atoms with van der Waals surface area (Å²) in [5.74, 6) is -0.857. The van der Waals surface area contributed by atoms with Gasteiger partial charge in [-0.05, 0) is 51.4 Å². The molecule has 0 rings (SSSR count). The summed E-state index contributed by atoms with van der Waals surface area (Å²) in [5, 5.41) is 0. The van der Waals surface area contributed by atoms with Crippen LogP contribution in [0, 0.1) is 0 Å². The predicted molar refractivity (Wildman–Crippen MR) is 279 cm³/mol. The highest BCUT2D eigenvalue weighted by atomic mass is 16.6. The highest BCUT2D eigenvalue weighted by Crippen LogP contribution is 2.17. The molecule has 6 nitrogen and oxygen atoms in total. The van der Waals surface area contributed by atoms with Gasteiger partial charge >= 0.3 is 17.9 Å². The van der Waals surface area contributed by atoms with Gasteiger partial charge in [-0.25, -0.2) is 0 Å². The second kappa shape index (κ2) is 54.5. The number of rotatable bonds is 53. The van der Waals surface area contributed by atoms with E-state index in [9.17, 15) is 14.4 Å². The molecule has 0 radical (unpaired) electrons. The van der Waals surface area contributed by atoms with Crippen molar-refractivity contribution in [3.05, 3.63) is 24.3 Å². The van der Waals surface area contributed by atoms with Gasteiger partial charge in [0.15, 0.2) is 6.10 Å². The first kappa shape index (κ1) is 62.9. The second-order valence-corrected chi connectivity index (χ2v) is 19.6. The molecule has 0 unspecified atom stereocenters. The van der Waals surface area contributed by atoms with Crippen molar-refractivity contribution in [3.8, 4) is 0 Å². The van der Waals surface area contributed by atoms with Crippen molar-refractivity contribution >= 4 is 17.9 Å². The average molecular weight is 916 g/mol. The van der Waals surface area contributed by atoms with Crippen molar-refractivity contribution in [3.63, 3.8) is 0 Å². The van der Waals surface area contributed by atoms with E-state index in [1.807, 2.05) is 0 Å². The Bertz CT molecular complexity index is 1050. The molecule has 6 heteroatoms. The fourth-order valence-corrected chi connectivity index (χ4v) is 8.59.